The minimum Gasteiger partial charge on any atom is -0.371 e. The number of hydrogen-bond donors (Lipinski definition) is 2. The first-order valence-corrected chi connectivity index (χ1v) is 9.49. The van der Waals surface area contributed by atoms with E-state index in [0.29, 0.717) is 31.4 Å². The standard InChI is InChI=1S/C19H28F3N5.HI/c1-23-18(25-16-8-9-26(13-16)14-19(20,21)22)24-11-15-7-10-27(12-15)17-5-3-2-4-6-17;/h2-6,15-16H,7-14H2,1H3,(H2,23,24,25);1H. The highest BCUT2D eigenvalue weighted by Crippen LogP contribution is 2.23. The maximum atomic E-state index is 12.5. The van der Waals surface area contributed by atoms with Crippen molar-refractivity contribution in [1.29, 1.82) is 0 Å². The van der Waals surface area contributed by atoms with Crippen LogP contribution in [0, 0.1) is 5.92 Å². The summed E-state index contributed by atoms with van der Waals surface area (Å²) in [4.78, 5) is 8.06. The van der Waals surface area contributed by atoms with Crippen molar-refractivity contribution < 1.29 is 13.2 Å². The number of likely N-dealkylation sites (tertiary alicyclic amines) is 1. The van der Waals surface area contributed by atoms with Gasteiger partial charge >= 0.3 is 6.18 Å². The zero-order valence-corrected chi connectivity index (χ0v) is 18.4. The topological polar surface area (TPSA) is 42.9 Å². The summed E-state index contributed by atoms with van der Waals surface area (Å²) in [6, 6.07) is 10.4. The molecule has 1 aromatic carbocycles. The average Bonchev–Trinajstić information content (AvgIpc) is 3.27. The Labute approximate surface area is 181 Å². The normalized spacial score (nSPS) is 23.6. The lowest BCUT2D eigenvalue weighted by Gasteiger charge is -2.21. The first-order valence-electron chi connectivity index (χ1n) is 9.49. The molecule has 0 spiro atoms. The highest BCUT2D eigenvalue weighted by atomic mass is 127. The Bertz CT molecular complexity index is 626. The third-order valence-corrected chi connectivity index (χ3v) is 5.21. The van der Waals surface area contributed by atoms with E-state index in [-0.39, 0.29) is 30.0 Å². The summed E-state index contributed by atoms with van der Waals surface area (Å²) in [7, 11) is 1.70. The van der Waals surface area contributed by atoms with Crippen LogP contribution in [0.25, 0.3) is 0 Å². The van der Waals surface area contributed by atoms with Gasteiger partial charge in [0.1, 0.15) is 0 Å². The number of rotatable bonds is 5. The Morgan fingerprint density at radius 2 is 1.89 bits per heavy atom. The number of para-hydroxylation sites is 1. The zero-order chi connectivity index (χ0) is 19.3. The molecule has 2 aliphatic heterocycles. The Morgan fingerprint density at radius 1 is 1.14 bits per heavy atom. The van der Waals surface area contributed by atoms with Crippen molar-refractivity contribution >= 4 is 35.6 Å². The fraction of sp³-hybridized carbons (Fsp3) is 0.632. The first-order chi connectivity index (χ1) is 12.9. The Morgan fingerprint density at radius 3 is 2.57 bits per heavy atom. The zero-order valence-electron chi connectivity index (χ0n) is 16.1. The van der Waals surface area contributed by atoms with Gasteiger partial charge in [-0.15, -0.1) is 24.0 Å². The second-order valence-electron chi connectivity index (χ2n) is 7.37. The summed E-state index contributed by atoms with van der Waals surface area (Å²) in [5, 5.41) is 6.61. The predicted molar refractivity (Wildman–Crippen MR) is 118 cm³/mol. The molecule has 0 aliphatic carbocycles. The summed E-state index contributed by atoms with van der Waals surface area (Å²) in [5.74, 6) is 1.20. The lowest BCUT2D eigenvalue weighted by atomic mass is 10.1. The van der Waals surface area contributed by atoms with Crippen LogP contribution in [-0.4, -0.2) is 69.4 Å². The number of halogens is 4. The van der Waals surface area contributed by atoms with Gasteiger partial charge in [0.2, 0.25) is 0 Å². The van der Waals surface area contributed by atoms with E-state index >= 15 is 0 Å². The molecule has 28 heavy (non-hydrogen) atoms. The molecule has 158 valence electrons. The van der Waals surface area contributed by atoms with E-state index < -0.39 is 12.7 Å². The molecule has 3 rings (SSSR count). The minimum atomic E-state index is -4.14. The lowest BCUT2D eigenvalue weighted by Crippen LogP contribution is -2.46. The molecule has 1 aromatic rings. The van der Waals surface area contributed by atoms with Crippen LogP contribution in [0.3, 0.4) is 0 Å². The highest BCUT2D eigenvalue weighted by Gasteiger charge is 2.34. The fourth-order valence-electron chi connectivity index (χ4n) is 3.85. The molecule has 2 fully saturated rings. The molecular weight excluding hydrogens is 482 g/mol. The molecule has 2 unspecified atom stereocenters. The lowest BCUT2D eigenvalue weighted by molar-refractivity contribution is -0.143. The van der Waals surface area contributed by atoms with E-state index in [1.54, 1.807) is 7.05 Å². The van der Waals surface area contributed by atoms with Gasteiger partial charge < -0.3 is 15.5 Å². The summed E-state index contributed by atoms with van der Waals surface area (Å²) in [6.45, 7) is 2.86. The molecule has 2 saturated heterocycles. The van der Waals surface area contributed by atoms with E-state index in [1.165, 1.54) is 10.6 Å². The molecule has 0 saturated carbocycles. The fourth-order valence-corrected chi connectivity index (χ4v) is 3.85. The highest BCUT2D eigenvalue weighted by molar-refractivity contribution is 14.0. The van der Waals surface area contributed by atoms with Gasteiger partial charge in [0.25, 0.3) is 0 Å². The molecule has 2 N–H and O–H groups in total. The van der Waals surface area contributed by atoms with Gasteiger partial charge in [-0.25, -0.2) is 0 Å². The number of nitrogens with one attached hydrogen (secondary N) is 2. The number of benzene rings is 1. The maximum absolute atomic E-state index is 12.5. The Balaban J connectivity index is 0.00000280. The van der Waals surface area contributed by atoms with Gasteiger partial charge in [0, 0.05) is 51.5 Å². The van der Waals surface area contributed by atoms with Gasteiger partial charge in [-0.05, 0) is 30.9 Å². The van der Waals surface area contributed by atoms with Crippen molar-refractivity contribution in [2.75, 3.05) is 51.2 Å². The SMILES string of the molecule is CN=C(NCC1CCN(c2ccccc2)C1)NC1CCN(CC(F)(F)F)C1.I. The minimum absolute atomic E-state index is 0. The first kappa shape index (κ1) is 23.1. The van der Waals surface area contributed by atoms with Crippen LogP contribution in [0.4, 0.5) is 18.9 Å². The van der Waals surface area contributed by atoms with Crippen LogP contribution in [0.1, 0.15) is 12.8 Å². The number of nitrogens with zero attached hydrogens (tertiary/aromatic N) is 3. The summed E-state index contributed by atoms with van der Waals surface area (Å²) >= 11 is 0. The second kappa shape index (κ2) is 10.5. The van der Waals surface area contributed by atoms with E-state index in [9.17, 15) is 13.2 Å². The van der Waals surface area contributed by atoms with Crippen LogP contribution in [-0.2, 0) is 0 Å². The molecule has 0 amide bonds. The monoisotopic (exact) mass is 511 g/mol. The van der Waals surface area contributed by atoms with Crippen LogP contribution in [0.2, 0.25) is 0 Å². The maximum Gasteiger partial charge on any atom is 0.401 e. The van der Waals surface area contributed by atoms with Crippen LogP contribution in [0.5, 0.6) is 0 Å². The second-order valence-corrected chi connectivity index (χ2v) is 7.37. The third-order valence-electron chi connectivity index (χ3n) is 5.21. The number of alkyl halides is 3. The molecule has 0 bridgehead atoms. The van der Waals surface area contributed by atoms with Crippen molar-refractivity contribution in [3.8, 4) is 0 Å². The van der Waals surface area contributed by atoms with Crippen LogP contribution < -0.4 is 15.5 Å². The van der Waals surface area contributed by atoms with Crippen molar-refractivity contribution in [2.45, 2.75) is 25.1 Å². The van der Waals surface area contributed by atoms with E-state index in [0.717, 1.165) is 26.1 Å². The Hall–Kier alpha value is -1.23. The van der Waals surface area contributed by atoms with E-state index in [2.05, 4.69) is 44.8 Å². The molecule has 0 aromatic heterocycles. The van der Waals surface area contributed by atoms with Crippen LogP contribution >= 0.6 is 24.0 Å². The van der Waals surface area contributed by atoms with Crippen molar-refractivity contribution in [1.82, 2.24) is 15.5 Å². The summed E-state index contributed by atoms with van der Waals surface area (Å²) in [5.41, 5.74) is 1.25. The van der Waals surface area contributed by atoms with Gasteiger partial charge in [0.05, 0.1) is 6.54 Å². The van der Waals surface area contributed by atoms with Crippen molar-refractivity contribution in [2.24, 2.45) is 10.9 Å². The van der Waals surface area contributed by atoms with Crippen LogP contribution in [0.15, 0.2) is 35.3 Å². The van der Waals surface area contributed by atoms with E-state index in [1.807, 2.05) is 6.07 Å². The molecule has 2 heterocycles. The third kappa shape index (κ3) is 6.98. The molecule has 9 heteroatoms. The molecule has 5 nitrogen and oxygen atoms in total. The quantitative estimate of drug-likeness (QED) is 0.363. The van der Waals surface area contributed by atoms with Gasteiger partial charge in [-0.2, -0.15) is 13.2 Å². The molecule has 2 aliphatic rings. The molecule has 2 atom stereocenters. The Kier molecular flexibility index (Phi) is 8.66. The molecule has 0 radical (unpaired) electrons. The van der Waals surface area contributed by atoms with Crippen molar-refractivity contribution in [3.05, 3.63) is 30.3 Å². The van der Waals surface area contributed by atoms with Crippen molar-refractivity contribution in [3.63, 3.8) is 0 Å². The summed E-state index contributed by atoms with van der Waals surface area (Å²) < 4.78 is 37.5. The van der Waals surface area contributed by atoms with Gasteiger partial charge in [-0.3, -0.25) is 9.89 Å². The number of anilines is 1. The largest absolute Gasteiger partial charge is 0.401 e. The number of aliphatic imine (C=N–C) groups is 1. The van der Waals surface area contributed by atoms with Gasteiger partial charge in [-0.1, -0.05) is 18.2 Å². The smallest absolute Gasteiger partial charge is 0.371 e. The summed E-state index contributed by atoms with van der Waals surface area (Å²) in [6.07, 6.45) is -2.33. The number of hydrogen-bond acceptors (Lipinski definition) is 3. The number of guanidine groups is 1. The van der Waals surface area contributed by atoms with Gasteiger partial charge in [0.15, 0.2) is 5.96 Å². The predicted octanol–water partition coefficient (Wildman–Crippen LogP) is 2.93. The van der Waals surface area contributed by atoms with E-state index in [4.69, 9.17) is 0 Å². The average molecular weight is 511 g/mol. The molecular formula is C19H29F3IN5.